The molecule has 2 aromatic heterocycles. The van der Waals surface area contributed by atoms with Crippen LogP contribution in [0, 0.1) is 6.92 Å². The molecule has 3 rings (SSSR count). The monoisotopic (exact) mass is 319 g/mol. The van der Waals surface area contributed by atoms with Gasteiger partial charge in [-0.1, -0.05) is 6.07 Å². The van der Waals surface area contributed by atoms with Gasteiger partial charge in [-0.2, -0.15) is 0 Å². The van der Waals surface area contributed by atoms with Gasteiger partial charge in [-0.15, -0.1) is 11.3 Å². The van der Waals surface area contributed by atoms with Crippen LogP contribution in [0.4, 0.5) is 0 Å². The van der Waals surface area contributed by atoms with Gasteiger partial charge in [0.25, 0.3) is 0 Å². The quantitative estimate of drug-likeness (QED) is 0.622. The van der Waals surface area contributed by atoms with Gasteiger partial charge in [0.15, 0.2) is 12.4 Å². The van der Waals surface area contributed by atoms with E-state index < -0.39 is 0 Å². The first-order valence-electron chi connectivity index (χ1n) is 5.65. The number of benzene rings is 1. The molecule has 0 radical (unpaired) electrons. The molecule has 0 spiro atoms. The van der Waals surface area contributed by atoms with Crippen molar-refractivity contribution in [2.45, 2.75) is 6.92 Å². The SMILES string of the molecule is Cc1ccc2nc(-c3cc(Br)c[n+](C)c3)sc2c1. The van der Waals surface area contributed by atoms with Gasteiger partial charge in [0.1, 0.15) is 12.1 Å². The molecule has 0 saturated heterocycles. The highest BCUT2D eigenvalue weighted by Crippen LogP contribution is 2.30. The third kappa shape index (κ3) is 2.18. The van der Waals surface area contributed by atoms with Gasteiger partial charge in [-0.05, 0) is 46.6 Å². The number of aromatic nitrogens is 2. The van der Waals surface area contributed by atoms with Crippen molar-refractivity contribution in [3.8, 4) is 10.6 Å². The first kappa shape index (κ1) is 11.8. The van der Waals surface area contributed by atoms with Crippen LogP contribution in [0.3, 0.4) is 0 Å². The van der Waals surface area contributed by atoms with E-state index in [1.807, 2.05) is 17.8 Å². The molecule has 3 aromatic rings. The molecule has 0 unspecified atom stereocenters. The first-order chi connectivity index (χ1) is 8.61. The second kappa shape index (κ2) is 4.44. The van der Waals surface area contributed by atoms with Gasteiger partial charge in [0, 0.05) is 0 Å². The largest absolute Gasteiger partial charge is 0.236 e. The number of fused-ring (bicyclic) bond motifs is 1. The Bertz CT molecular complexity index is 713. The van der Waals surface area contributed by atoms with Crippen molar-refractivity contribution >= 4 is 37.5 Å². The number of thiazole rings is 1. The van der Waals surface area contributed by atoms with Crippen molar-refractivity contribution in [1.82, 2.24) is 4.98 Å². The second-order valence-corrected chi connectivity index (χ2v) is 6.34. The minimum atomic E-state index is 1.06. The smallest absolute Gasteiger partial charge is 0.182 e. The lowest BCUT2D eigenvalue weighted by Gasteiger charge is -1.95. The number of aryl methyl sites for hydroxylation is 2. The second-order valence-electron chi connectivity index (χ2n) is 4.40. The van der Waals surface area contributed by atoms with E-state index >= 15 is 0 Å². The zero-order valence-corrected chi connectivity index (χ0v) is 12.5. The van der Waals surface area contributed by atoms with E-state index in [4.69, 9.17) is 4.98 Å². The van der Waals surface area contributed by atoms with E-state index in [1.165, 1.54) is 10.3 Å². The van der Waals surface area contributed by atoms with E-state index in [2.05, 4.69) is 53.3 Å². The number of hydrogen-bond donors (Lipinski definition) is 0. The summed E-state index contributed by atoms with van der Waals surface area (Å²) in [6.45, 7) is 2.11. The molecule has 90 valence electrons. The number of pyridine rings is 1. The highest BCUT2D eigenvalue weighted by atomic mass is 79.9. The van der Waals surface area contributed by atoms with Crippen LogP contribution in [0.2, 0.25) is 0 Å². The van der Waals surface area contributed by atoms with E-state index in [-0.39, 0.29) is 0 Å². The minimum Gasteiger partial charge on any atom is -0.236 e. The highest BCUT2D eigenvalue weighted by Gasteiger charge is 2.10. The summed E-state index contributed by atoms with van der Waals surface area (Å²) in [5.74, 6) is 0. The molecule has 0 aliphatic heterocycles. The van der Waals surface area contributed by atoms with Gasteiger partial charge in [-0.3, -0.25) is 0 Å². The summed E-state index contributed by atoms with van der Waals surface area (Å²) in [5.41, 5.74) is 3.49. The molecule has 2 heterocycles. The molecule has 0 aliphatic carbocycles. The molecule has 4 heteroatoms. The van der Waals surface area contributed by atoms with Gasteiger partial charge >= 0.3 is 0 Å². The van der Waals surface area contributed by atoms with E-state index in [0.717, 1.165) is 20.6 Å². The van der Waals surface area contributed by atoms with Gasteiger partial charge in [0.2, 0.25) is 0 Å². The summed E-state index contributed by atoms with van der Waals surface area (Å²) in [4.78, 5) is 4.69. The fourth-order valence-electron chi connectivity index (χ4n) is 1.95. The predicted octanol–water partition coefficient (Wildman–Crippen LogP) is 3.86. The first-order valence-corrected chi connectivity index (χ1v) is 7.26. The van der Waals surface area contributed by atoms with Crippen LogP contribution in [0.15, 0.2) is 41.1 Å². The van der Waals surface area contributed by atoms with E-state index in [0.29, 0.717) is 0 Å². The summed E-state index contributed by atoms with van der Waals surface area (Å²) in [5, 5.41) is 1.06. The van der Waals surface area contributed by atoms with Crippen LogP contribution in [0.5, 0.6) is 0 Å². The van der Waals surface area contributed by atoms with Crippen LogP contribution in [0.25, 0.3) is 20.8 Å². The summed E-state index contributed by atoms with van der Waals surface area (Å²) in [6, 6.07) is 8.48. The lowest BCUT2D eigenvalue weighted by atomic mass is 10.2. The molecule has 0 N–H and O–H groups in total. The molecule has 0 amide bonds. The van der Waals surface area contributed by atoms with Crippen LogP contribution in [0.1, 0.15) is 5.56 Å². The molecule has 0 fully saturated rings. The van der Waals surface area contributed by atoms with Crippen LogP contribution >= 0.6 is 27.3 Å². The Morgan fingerprint density at radius 2 is 2.06 bits per heavy atom. The van der Waals surface area contributed by atoms with Crippen molar-refractivity contribution in [2.24, 2.45) is 7.05 Å². The topological polar surface area (TPSA) is 16.8 Å². The van der Waals surface area contributed by atoms with Crippen molar-refractivity contribution in [2.75, 3.05) is 0 Å². The number of rotatable bonds is 1. The third-order valence-electron chi connectivity index (χ3n) is 2.75. The zero-order chi connectivity index (χ0) is 12.7. The maximum Gasteiger partial charge on any atom is 0.182 e. The Labute approximate surface area is 118 Å². The Hall–Kier alpha value is -1.26. The van der Waals surface area contributed by atoms with E-state index in [9.17, 15) is 0 Å². The molecule has 2 nitrogen and oxygen atoms in total. The lowest BCUT2D eigenvalue weighted by molar-refractivity contribution is -0.671. The Balaban J connectivity index is 2.19. The Morgan fingerprint density at radius 3 is 2.83 bits per heavy atom. The average Bonchev–Trinajstić information content (AvgIpc) is 2.70. The number of halogens is 1. The summed E-state index contributed by atoms with van der Waals surface area (Å²) in [6.07, 6.45) is 4.12. The predicted molar refractivity (Wildman–Crippen MR) is 78.7 cm³/mol. The molecule has 0 saturated carbocycles. The lowest BCUT2D eigenvalue weighted by Crippen LogP contribution is -2.26. The molecule has 18 heavy (non-hydrogen) atoms. The standard InChI is InChI=1S/C14H12BrN2S/c1-9-3-4-12-13(5-9)18-14(16-12)10-6-11(15)8-17(2)7-10/h3-8H,1-2H3/q+1. The molecular weight excluding hydrogens is 308 g/mol. The fourth-order valence-corrected chi connectivity index (χ4v) is 3.56. The van der Waals surface area contributed by atoms with Gasteiger partial charge in [-0.25, -0.2) is 9.55 Å². The van der Waals surface area contributed by atoms with Crippen molar-refractivity contribution < 1.29 is 4.57 Å². The van der Waals surface area contributed by atoms with Crippen LogP contribution in [-0.4, -0.2) is 4.98 Å². The van der Waals surface area contributed by atoms with Crippen molar-refractivity contribution in [3.63, 3.8) is 0 Å². The molecule has 0 bridgehead atoms. The Morgan fingerprint density at radius 1 is 1.22 bits per heavy atom. The van der Waals surface area contributed by atoms with Crippen molar-refractivity contribution in [3.05, 3.63) is 46.7 Å². The van der Waals surface area contributed by atoms with E-state index in [1.54, 1.807) is 11.3 Å². The van der Waals surface area contributed by atoms with Gasteiger partial charge in [0.05, 0.1) is 20.3 Å². The zero-order valence-electron chi connectivity index (χ0n) is 10.1. The molecule has 0 atom stereocenters. The molecule has 0 aliphatic rings. The minimum absolute atomic E-state index is 1.06. The highest BCUT2D eigenvalue weighted by molar-refractivity contribution is 9.10. The van der Waals surface area contributed by atoms with Crippen LogP contribution < -0.4 is 4.57 Å². The normalized spacial score (nSPS) is 11.1. The average molecular weight is 320 g/mol. The number of hydrogen-bond acceptors (Lipinski definition) is 2. The molecular formula is C14H12BrN2S+. The third-order valence-corrected chi connectivity index (χ3v) is 4.25. The Kier molecular flexibility index (Phi) is 2.92. The summed E-state index contributed by atoms with van der Waals surface area (Å²) < 4.78 is 4.35. The summed E-state index contributed by atoms with van der Waals surface area (Å²) >= 11 is 5.26. The maximum absolute atomic E-state index is 4.69. The summed E-state index contributed by atoms with van der Waals surface area (Å²) in [7, 11) is 2.02. The fraction of sp³-hybridized carbons (Fsp3) is 0.143. The molecule has 1 aromatic carbocycles. The van der Waals surface area contributed by atoms with Gasteiger partial charge < -0.3 is 0 Å². The number of nitrogens with zero attached hydrogens (tertiary/aromatic N) is 2. The maximum atomic E-state index is 4.69. The van der Waals surface area contributed by atoms with Crippen LogP contribution in [-0.2, 0) is 7.05 Å². The van der Waals surface area contributed by atoms with Crippen molar-refractivity contribution in [1.29, 1.82) is 0 Å².